The van der Waals surface area contributed by atoms with Crippen LogP contribution in [0.3, 0.4) is 0 Å². The van der Waals surface area contributed by atoms with E-state index in [4.69, 9.17) is 14.2 Å². The largest absolute Gasteiger partial charge is 0.462 e. The molecule has 1 atom stereocenters. The molecular weight excluding hydrogens is 937 g/mol. The lowest BCUT2D eigenvalue weighted by molar-refractivity contribution is -0.167. The van der Waals surface area contributed by atoms with Gasteiger partial charge in [-0.2, -0.15) is 0 Å². The molecule has 0 radical (unpaired) electrons. The summed E-state index contributed by atoms with van der Waals surface area (Å²) in [5.74, 6) is -0.893. The standard InChI is InChI=1S/C70H124O6/c1-4-7-10-13-16-19-22-24-26-27-28-29-30-31-32-33-34-35-36-37-38-39-40-41-42-43-44-46-48-51-54-57-60-63-69(72)75-66-67(65-74-68(71)62-59-56-53-50-47-21-18-15-12-9-6-3)76-70(73)64-61-58-55-52-49-45-25-23-20-17-14-11-8-5-2/h14-15,17-18,22-25,27-28,30-31,67H,4-13,16,19-21,26,29,32-66H2,1-3H3/b17-14-,18-15-,24-22-,25-23-,28-27-,31-30-. The van der Waals surface area contributed by atoms with Crippen LogP contribution in [0, 0.1) is 0 Å². The molecule has 0 bridgehead atoms. The molecule has 6 heteroatoms. The van der Waals surface area contributed by atoms with Gasteiger partial charge in [-0.15, -0.1) is 0 Å². The Bertz CT molecular complexity index is 1400. The van der Waals surface area contributed by atoms with Crippen molar-refractivity contribution < 1.29 is 28.6 Å². The summed E-state index contributed by atoms with van der Waals surface area (Å²) in [7, 11) is 0. The van der Waals surface area contributed by atoms with Crippen molar-refractivity contribution in [2.75, 3.05) is 13.2 Å². The molecule has 0 N–H and O–H groups in total. The molecule has 0 aromatic carbocycles. The van der Waals surface area contributed by atoms with E-state index in [9.17, 15) is 14.4 Å². The predicted octanol–water partition coefficient (Wildman–Crippen LogP) is 22.5. The van der Waals surface area contributed by atoms with Gasteiger partial charge in [0.1, 0.15) is 13.2 Å². The molecule has 6 nitrogen and oxygen atoms in total. The monoisotopic (exact) mass is 1060 g/mol. The summed E-state index contributed by atoms with van der Waals surface area (Å²) in [5.41, 5.74) is 0. The number of carbonyl (C=O) groups is 3. The van der Waals surface area contributed by atoms with Gasteiger partial charge in [-0.1, -0.05) is 286 Å². The quantitative estimate of drug-likeness (QED) is 0.0261. The van der Waals surface area contributed by atoms with E-state index in [2.05, 4.69) is 93.7 Å². The summed E-state index contributed by atoms with van der Waals surface area (Å²) >= 11 is 0. The van der Waals surface area contributed by atoms with E-state index in [0.717, 1.165) is 103 Å². The first kappa shape index (κ1) is 72.8. The van der Waals surface area contributed by atoms with Crippen LogP contribution in [0.1, 0.15) is 335 Å². The van der Waals surface area contributed by atoms with Gasteiger partial charge in [0.15, 0.2) is 6.10 Å². The van der Waals surface area contributed by atoms with Crippen LogP contribution in [0.2, 0.25) is 0 Å². The molecule has 0 rings (SSSR count). The summed E-state index contributed by atoms with van der Waals surface area (Å²) in [6.07, 6.45) is 83.6. The van der Waals surface area contributed by atoms with Gasteiger partial charge in [-0.25, -0.2) is 0 Å². The lowest BCUT2D eigenvalue weighted by Gasteiger charge is -2.18. The number of unbranched alkanes of at least 4 members (excludes halogenated alkanes) is 37. The van der Waals surface area contributed by atoms with Crippen molar-refractivity contribution in [3.05, 3.63) is 72.9 Å². The highest BCUT2D eigenvalue weighted by molar-refractivity contribution is 5.71. The molecule has 0 aliphatic heterocycles. The minimum atomic E-state index is -0.784. The second-order valence-corrected chi connectivity index (χ2v) is 22.0. The van der Waals surface area contributed by atoms with Crippen molar-refractivity contribution in [3.8, 4) is 0 Å². The molecule has 0 heterocycles. The van der Waals surface area contributed by atoms with E-state index in [0.29, 0.717) is 19.3 Å². The highest BCUT2D eigenvalue weighted by Gasteiger charge is 2.19. The molecule has 0 aromatic heterocycles. The molecule has 1 unspecified atom stereocenters. The SMILES string of the molecule is CCCC/C=C\C/C=C\CCCCCCCC(=O)OC(COC(=O)CCCCCCC/C=C\CCCC)COC(=O)CCCCCCCCCCCCCCCCCCCC/C=C\C/C=C\C/C=C\CCCCCCC. The van der Waals surface area contributed by atoms with Crippen LogP contribution in [0.4, 0.5) is 0 Å². The van der Waals surface area contributed by atoms with Gasteiger partial charge >= 0.3 is 17.9 Å². The molecule has 440 valence electrons. The van der Waals surface area contributed by atoms with Gasteiger partial charge in [0.25, 0.3) is 0 Å². The van der Waals surface area contributed by atoms with E-state index in [1.165, 1.54) is 193 Å². The van der Waals surface area contributed by atoms with Crippen molar-refractivity contribution in [2.45, 2.75) is 341 Å². The predicted molar refractivity (Wildman–Crippen MR) is 330 cm³/mol. The molecule has 0 aromatic rings. The van der Waals surface area contributed by atoms with Crippen LogP contribution < -0.4 is 0 Å². The maximum atomic E-state index is 12.8. The summed E-state index contributed by atoms with van der Waals surface area (Å²) < 4.78 is 16.9. The van der Waals surface area contributed by atoms with Gasteiger partial charge in [-0.3, -0.25) is 14.4 Å². The molecule has 0 amide bonds. The molecule has 0 spiro atoms. The van der Waals surface area contributed by atoms with Crippen LogP contribution in [-0.4, -0.2) is 37.2 Å². The third-order valence-corrected chi connectivity index (χ3v) is 14.4. The van der Waals surface area contributed by atoms with Crippen molar-refractivity contribution >= 4 is 17.9 Å². The van der Waals surface area contributed by atoms with Crippen LogP contribution in [-0.2, 0) is 28.6 Å². The van der Waals surface area contributed by atoms with Crippen molar-refractivity contribution in [1.82, 2.24) is 0 Å². The third-order valence-electron chi connectivity index (χ3n) is 14.4. The highest BCUT2D eigenvalue weighted by Crippen LogP contribution is 2.17. The Hall–Kier alpha value is -3.15. The summed E-state index contributed by atoms with van der Waals surface area (Å²) in [5, 5.41) is 0. The van der Waals surface area contributed by atoms with Gasteiger partial charge in [0, 0.05) is 19.3 Å². The van der Waals surface area contributed by atoms with Crippen LogP contribution in [0.5, 0.6) is 0 Å². The Kier molecular flexibility index (Phi) is 61.7. The molecule has 76 heavy (non-hydrogen) atoms. The highest BCUT2D eigenvalue weighted by atomic mass is 16.6. The number of ether oxygens (including phenoxy) is 3. The lowest BCUT2D eigenvalue weighted by Crippen LogP contribution is -2.30. The number of hydrogen-bond acceptors (Lipinski definition) is 6. The number of allylic oxidation sites excluding steroid dienone is 12. The number of hydrogen-bond donors (Lipinski definition) is 0. The lowest BCUT2D eigenvalue weighted by atomic mass is 10.0. The maximum absolute atomic E-state index is 12.8. The first-order chi connectivity index (χ1) is 37.5. The fourth-order valence-corrected chi connectivity index (χ4v) is 9.39. The molecule has 0 fully saturated rings. The summed E-state index contributed by atoms with van der Waals surface area (Å²) in [6.45, 7) is 6.56. The number of rotatable bonds is 60. The zero-order chi connectivity index (χ0) is 55.0. The molecule has 0 aliphatic carbocycles. The fraction of sp³-hybridized carbons (Fsp3) is 0.786. The topological polar surface area (TPSA) is 78.9 Å². The number of carbonyl (C=O) groups excluding carboxylic acids is 3. The Morgan fingerprint density at radius 2 is 0.487 bits per heavy atom. The van der Waals surface area contributed by atoms with Gasteiger partial charge in [0.2, 0.25) is 0 Å². The number of esters is 3. The van der Waals surface area contributed by atoms with Crippen molar-refractivity contribution in [2.24, 2.45) is 0 Å². The van der Waals surface area contributed by atoms with Gasteiger partial charge in [-0.05, 0) is 103 Å². The molecular formula is C70H124O6. The zero-order valence-electron chi connectivity index (χ0n) is 50.5. The van der Waals surface area contributed by atoms with E-state index in [1.54, 1.807) is 0 Å². The van der Waals surface area contributed by atoms with E-state index >= 15 is 0 Å². The minimum Gasteiger partial charge on any atom is -0.462 e. The van der Waals surface area contributed by atoms with Gasteiger partial charge in [0.05, 0.1) is 0 Å². The van der Waals surface area contributed by atoms with Gasteiger partial charge < -0.3 is 14.2 Å². The zero-order valence-corrected chi connectivity index (χ0v) is 50.5. The smallest absolute Gasteiger partial charge is 0.306 e. The maximum Gasteiger partial charge on any atom is 0.306 e. The van der Waals surface area contributed by atoms with Crippen LogP contribution >= 0.6 is 0 Å². The first-order valence-corrected chi connectivity index (χ1v) is 32.9. The molecule has 0 aliphatic rings. The average molecular weight is 1060 g/mol. The Labute approximate surface area is 472 Å². The van der Waals surface area contributed by atoms with E-state index < -0.39 is 6.10 Å². The van der Waals surface area contributed by atoms with E-state index in [-0.39, 0.29) is 31.1 Å². The van der Waals surface area contributed by atoms with Crippen molar-refractivity contribution in [3.63, 3.8) is 0 Å². The Morgan fingerprint density at radius 1 is 0.263 bits per heavy atom. The first-order valence-electron chi connectivity index (χ1n) is 32.9. The normalized spacial score (nSPS) is 12.5. The van der Waals surface area contributed by atoms with Crippen molar-refractivity contribution in [1.29, 1.82) is 0 Å². The second-order valence-electron chi connectivity index (χ2n) is 22.0. The molecule has 0 saturated heterocycles. The summed E-state index contributed by atoms with van der Waals surface area (Å²) in [6, 6.07) is 0. The Morgan fingerprint density at radius 3 is 0.789 bits per heavy atom. The second kappa shape index (κ2) is 64.4. The average Bonchev–Trinajstić information content (AvgIpc) is 3.42. The van der Waals surface area contributed by atoms with Crippen LogP contribution in [0.15, 0.2) is 72.9 Å². The Balaban J connectivity index is 4.09. The third kappa shape index (κ3) is 61.7. The fourth-order valence-electron chi connectivity index (χ4n) is 9.39. The van der Waals surface area contributed by atoms with Crippen LogP contribution in [0.25, 0.3) is 0 Å². The minimum absolute atomic E-state index is 0.0810. The summed E-state index contributed by atoms with van der Waals surface area (Å²) in [4.78, 5) is 38.2. The van der Waals surface area contributed by atoms with E-state index in [1.807, 2.05) is 0 Å². The molecule has 0 saturated carbocycles.